The zero-order valence-corrected chi connectivity index (χ0v) is 23.4. The topological polar surface area (TPSA) is 83.8 Å². The van der Waals surface area contributed by atoms with E-state index in [0.29, 0.717) is 42.4 Å². The Morgan fingerprint density at radius 2 is 1.64 bits per heavy atom. The summed E-state index contributed by atoms with van der Waals surface area (Å²) in [5, 5.41) is 3.00. The van der Waals surface area contributed by atoms with Gasteiger partial charge in [-0.25, -0.2) is 4.98 Å². The lowest BCUT2D eigenvalue weighted by atomic mass is 10.1. The predicted molar refractivity (Wildman–Crippen MR) is 153 cm³/mol. The standard InChI is InChI=1S/C31H37N3O5/c1-21-12-13-26(22(2)18-21)39-17-9-8-16-34-25-11-7-6-10-24(25)33-29(34)14-15-32-31(35)23-19-27(36-3)30(38-5)28(20-23)37-4/h6-7,10-13,18-20H,8-9,14-17H2,1-5H3,(H,32,35). The van der Waals surface area contributed by atoms with Crippen LogP contribution in [0.1, 0.15) is 40.2 Å². The summed E-state index contributed by atoms with van der Waals surface area (Å²) in [5.74, 6) is 2.98. The van der Waals surface area contributed by atoms with E-state index in [0.717, 1.165) is 47.6 Å². The van der Waals surface area contributed by atoms with Gasteiger partial charge in [0.25, 0.3) is 5.91 Å². The molecule has 4 rings (SSSR count). The molecule has 0 aliphatic rings. The Morgan fingerprint density at radius 1 is 0.897 bits per heavy atom. The molecule has 0 radical (unpaired) electrons. The summed E-state index contributed by atoms with van der Waals surface area (Å²) in [5.41, 5.74) is 4.88. The van der Waals surface area contributed by atoms with Crippen molar-refractivity contribution in [2.75, 3.05) is 34.5 Å². The molecule has 39 heavy (non-hydrogen) atoms. The third kappa shape index (κ3) is 6.63. The van der Waals surface area contributed by atoms with E-state index in [1.54, 1.807) is 12.1 Å². The summed E-state index contributed by atoms with van der Waals surface area (Å²) in [7, 11) is 4.59. The Bertz CT molecular complexity index is 1400. The molecule has 0 saturated heterocycles. The van der Waals surface area contributed by atoms with Crippen LogP contribution >= 0.6 is 0 Å². The van der Waals surface area contributed by atoms with Gasteiger partial charge in [0.2, 0.25) is 5.75 Å². The highest BCUT2D eigenvalue weighted by Gasteiger charge is 2.17. The Morgan fingerprint density at radius 3 is 2.33 bits per heavy atom. The van der Waals surface area contributed by atoms with Crippen molar-refractivity contribution in [3.63, 3.8) is 0 Å². The quantitative estimate of drug-likeness (QED) is 0.229. The molecule has 0 aliphatic carbocycles. The van der Waals surface area contributed by atoms with E-state index in [-0.39, 0.29) is 5.91 Å². The normalized spacial score (nSPS) is 10.9. The van der Waals surface area contributed by atoms with Crippen LogP contribution in [0.2, 0.25) is 0 Å². The average Bonchev–Trinajstić information content (AvgIpc) is 3.30. The molecule has 0 fully saturated rings. The number of amides is 1. The molecule has 8 heteroatoms. The zero-order chi connectivity index (χ0) is 27.8. The second-order valence-corrected chi connectivity index (χ2v) is 9.41. The van der Waals surface area contributed by atoms with E-state index < -0.39 is 0 Å². The number of aryl methyl sites for hydroxylation is 3. The number of hydrogen-bond donors (Lipinski definition) is 1. The molecule has 0 saturated carbocycles. The number of hydrogen-bond acceptors (Lipinski definition) is 6. The summed E-state index contributed by atoms with van der Waals surface area (Å²) in [6.45, 7) is 6.09. The zero-order valence-electron chi connectivity index (χ0n) is 23.4. The third-order valence-corrected chi connectivity index (χ3v) is 6.66. The number of rotatable bonds is 13. The Hall–Kier alpha value is -4.20. The highest BCUT2D eigenvalue weighted by Crippen LogP contribution is 2.38. The molecule has 0 atom stereocenters. The van der Waals surface area contributed by atoms with E-state index in [1.165, 1.54) is 26.9 Å². The molecule has 4 aromatic rings. The number of unbranched alkanes of at least 4 members (excludes halogenated alkanes) is 1. The summed E-state index contributed by atoms with van der Waals surface area (Å²) in [6, 6.07) is 17.7. The van der Waals surface area contributed by atoms with Crippen LogP contribution in [0.5, 0.6) is 23.0 Å². The van der Waals surface area contributed by atoms with Crippen LogP contribution < -0.4 is 24.3 Å². The van der Waals surface area contributed by atoms with Crippen LogP contribution in [0.25, 0.3) is 11.0 Å². The molecule has 8 nitrogen and oxygen atoms in total. The van der Waals surface area contributed by atoms with Gasteiger partial charge in [-0.05, 0) is 62.6 Å². The van der Waals surface area contributed by atoms with Crippen molar-refractivity contribution in [1.82, 2.24) is 14.9 Å². The number of carbonyl (C=O) groups excluding carboxylic acids is 1. The average molecular weight is 532 g/mol. The SMILES string of the molecule is COc1cc(C(=O)NCCc2nc3ccccc3n2CCCCOc2ccc(C)cc2C)cc(OC)c1OC. The third-order valence-electron chi connectivity index (χ3n) is 6.66. The summed E-state index contributed by atoms with van der Waals surface area (Å²) in [6.07, 6.45) is 2.48. The summed E-state index contributed by atoms with van der Waals surface area (Å²) in [4.78, 5) is 17.8. The minimum Gasteiger partial charge on any atom is -0.493 e. The lowest BCUT2D eigenvalue weighted by molar-refractivity contribution is 0.0953. The minimum atomic E-state index is -0.222. The molecule has 3 aromatic carbocycles. The minimum absolute atomic E-state index is 0.222. The van der Waals surface area contributed by atoms with Gasteiger partial charge in [0, 0.05) is 25.1 Å². The van der Waals surface area contributed by atoms with E-state index >= 15 is 0 Å². The maximum absolute atomic E-state index is 12.9. The number of nitrogens with zero attached hydrogens (tertiary/aromatic N) is 2. The Kier molecular flexibility index (Phi) is 9.31. The van der Waals surface area contributed by atoms with Crippen LogP contribution in [-0.4, -0.2) is 49.9 Å². The lowest BCUT2D eigenvalue weighted by Crippen LogP contribution is -2.26. The van der Waals surface area contributed by atoms with Crippen molar-refractivity contribution in [1.29, 1.82) is 0 Å². The molecule has 0 bridgehead atoms. The molecule has 206 valence electrons. The first kappa shape index (κ1) is 27.8. The van der Waals surface area contributed by atoms with E-state index in [1.807, 2.05) is 24.3 Å². The molecular weight excluding hydrogens is 494 g/mol. The molecule has 0 unspecified atom stereocenters. The number of ether oxygens (including phenoxy) is 4. The van der Waals surface area contributed by atoms with Gasteiger partial charge in [-0.1, -0.05) is 29.8 Å². The summed E-state index contributed by atoms with van der Waals surface area (Å²) >= 11 is 0. The number of carbonyl (C=O) groups is 1. The van der Waals surface area contributed by atoms with Crippen molar-refractivity contribution in [2.24, 2.45) is 0 Å². The molecule has 1 N–H and O–H groups in total. The lowest BCUT2D eigenvalue weighted by Gasteiger charge is -2.14. The number of aromatic nitrogens is 2. The van der Waals surface area contributed by atoms with Crippen LogP contribution in [-0.2, 0) is 13.0 Å². The van der Waals surface area contributed by atoms with E-state index in [4.69, 9.17) is 23.9 Å². The van der Waals surface area contributed by atoms with Crippen molar-refractivity contribution in [3.8, 4) is 23.0 Å². The second kappa shape index (κ2) is 13.0. The highest BCUT2D eigenvalue weighted by atomic mass is 16.5. The highest BCUT2D eigenvalue weighted by molar-refractivity contribution is 5.95. The van der Waals surface area contributed by atoms with Gasteiger partial charge in [0.05, 0.1) is 39.0 Å². The molecule has 0 aliphatic heterocycles. The predicted octanol–water partition coefficient (Wildman–Crippen LogP) is 5.51. The van der Waals surface area contributed by atoms with Crippen LogP contribution in [0, 0.1) is 13.8 Å². The number of imidazole rings is 1. The number of nitrogens with one attached hydrogen (secondary N) is 1. The van der Waals surface area contributed by atoms with Crippen LogP contribution in [0.15, 0.2) is 54.6 Å². The molecule has 1 amide bonds. The first-order chi connectivity index (χ1) is 18.9. The maximum atomic E-state index is 12.9. The largest absolute Gasteiger partial charge is 0.493 e. The number of benzene rings is 3. The van der Waals surface area contributed by atoms with Gasteiger partial charge in [0.15, 0.2) is 11.5 Å². The Labute approximate surface area is 229 Å². The van der Waals surface area contributed by atoms with Crippen LogP contribution in [0.4, 0.5) is 0 Å². The fraction of sp³-hybridized carbons (Fsp3) is 0.355. The van der Waals surface area contributed by atoms with Crippen molar-refractivity contribution in [3.05, 3.63) is 77.1 Å². The van der Waals surface area contributed by atoms with Gasteiger partial charge >= 0.3 is 0 Å². The number of methoxy groups -OCH3 is 3. The van der Waals surface area contributed by atoms with Gasteiger partial charge < -0.3 is 28.8 Å². The molecule has 1 aromatic heterocycles. The van der Waals surface area contributed by atoms with Gasteiger partial charge in [-0.2, -0.15) is 0 Å². The van der Waals surface area contributed by atoms with E-state index in [2.05, 4.69) is 41.9 Å². The fourth-order valence-corrected chi connectivity index (χ4v) is 4.68. The maximum Gasteiger partial charge on any atom is 0.251 e. The fourth-order valence-electron chi connectivity index (χ4n) is 4.68. The van der Waals surface area contributed by atoms with Crippen LogP contribution in [0.3, 0.4) is 0 Å². The second-order valence-electron chi connectivity index (χ2n) is 9.41. The van der Waals surface area contributed by atoms with Gasteiger partial charge in [0.1, 0.15) is 11.6 Å². The first-order valence-electron chi connectivity index (χ1n) is 13.2. The van der Waals surface area contributed by atoms with Gasteiger partial charge in [-0.15, -0.1) is 0 Å². The smallest absolute Gasteiger partial charge is 0.251 e. The first-order valence-corrected chi connectivity index (χ1v) is 13.2. The van der Waals surface area contributed by atoms with Crippen molar-refractivity contribution < 1.29 is 23.7 Å². The molecule has 1 heterocycles. The number of para-hydroxylation sites is 2. The molecular formula is C31H37N3O5. The monoisotopic (exact) mass is 531 g/mol. The molecule has 0 spiro atoms. The summed E-state index contributed by atoms with van der Waals surface area (Å²) < 4.78 is 24.4. The van der Waals surface area contributed by atoms with Crippen molar-refractivity contribution in [2.45, 2.75) is 39.7 Å². The van der Waals surface area contributed by atoms with Crippen molar-refractivity contribution >= 4 is 16.9 Å². The van der Waals surface area contributed by atoms with Gasteiger partial charge in [-0.3, -0.25) is 4.79 Å². The Balaban J connectivity index is 1.37. The van der Waals surface area contributed by atoms with E-state index in [9.17, 15) is 4.79 Å². The number of fused-ring (bicyclic) bond motifs is 1.